The summed E-state index contributed by atoms with van der Waals surface area (Å²) in [6, 6.07) is 25.4. The number of nitrogens with one attached hydrogen (secondary N) is 2. The summed E-state index contributed by atoms with van der Waals surface area (Å²) in [7, 11) is 0. The van der Waals surface area contributed by atoms with Gasteiger partial charge in [-0.3, -0.25) is 34.4 Å². The van der Waals surface area contributed by atoms with E-state index in [9.17, 15) is 32.3 Å². The number of nitrogens with zero attached hydrogens (tertiary/aromatic N) is 3. The van der Waals surface area contributed by atoms with Crippen molar-refractivity contribution in [3.05, 3.63) is 136 Å². The average molecular weight is 800 g/mol. The fourth-order valence-corrected chi connectivity index (χ4v) is 7.81. The van der Waals surface area contributed by atoms with Crippen molar-refractivity contribution in [1.82, 2.24) is 25.4 Å². The normalized spacial score (nSPS) is 17.9. The molecule has 4 amide bonds. The van der Waals surface area contributed by atoms with Crippen molar-refractivity contribution in [2.45, 2.75) is 64.0 Å². The molecule has 0 saturated carbocycles. The van der Waals surface area contributed by atoms with Crippen LogP contribution >= 0.6 is 0 Å². The minimum absolute atomic E-state index is 0.199. The molecule has 3 aliphatic rings. The minimum Gasteiger partial charge on any atom is -0.457 e. The molecule has 2 atom stereocenters. The third kappa shape index (κ3) is 8.83. The summed E-state index contributed by atoms with van der Waals surface area (Å²) in [5.41, 5.74) is 3.56. The van der Waals surface area contributed by atoms with Crippen LogP contribution in [0.4, 0.5) is 13.2 Å². The predicted octanol–water partition coefficient (Wildman–Crippen LogP) is 7.56. The summed E-state index contributed by atoms with van der Waals surface area (Å²) in [4.78, 5) is 59.1. The number of benzene rings is 4. The van der Waals surface area contributed by atoms with Gasteiger partial charge in [0.2, 0.25) is 11.8 Å². The first-order valence-corrected chi connectivity index (χ1v) is 19.5. The van der Waals surface area contributed by atoms with E-state index in [1.54, 1.807) is 41.3 Å². The number of halogens is 3. The van der Waals surface area contributed by atoms with E-state index in [0.29, 0.717) is 41.8 Å². The summed E-state index contributed by atoms with van der Waals surface area (Å²) >= 11 is 0. The molecular weight excluding hydrogens is 760 g/mol. The van der Waals surface area contributed by atoms with Gasteiger partial charge in [0.25, 0.3) is 11.8 Å². The number of rotatable bonds is 8. The zero-order valence-electron chi connectivity index (χ0n) is 32.1. The van der Waals surface area contributed by atoms with E-state index in [1.807, 2.05) is 43.3 Å². The topological polar surface area (TPSA) is 121 Å². The van der Waals surface area contributed by atoms with Gasteiger partial charge in [-0.1, -0.05) is 30.0 Å². The van der Waals surface area contributed by atoms with E-state index >= 15 is 0 Å². The van der Waals surface area contributed by atoms with E-state index in [2.05, 4.69) is 27.4 Å². The zero-order chi connectivity index (χ0) is 41.3. The molecule has 2 N–H and O–H groups in total. The van der Waals surface area contributed by atoms with Crippen LogP contribution in [0.5, 0.6) is 11.5 Å². The highest BCUT2D eigenvalue weighted by molar-refractivity contribution is 6.05. The Morgan fingerprint density at radius 1 is 0.949 bits per heavy atom. The number of carbonyl (C=O) groups excluding carboxylic acids is 4. The Morgan fingerprint density at radius 3 is 2.49 bits per heavy atom. The second-order valence-electron chi connectivity index (χ2n) is 15.2. The summed E-state index contributed by atoms with van der Waals surface area (Å²) in [6.07, 6.45) is -2.09. The molecule has 1 unspecified atom stereocenters. The van der Waals surface area contributed by atoms with Gasteiger partial charge in [-0.2, -0.15) is 13.2 Å². The molecule has 0 aliphatic carbocycles. The van der Waals surface area contributed by atoms with Gasteiger partial charge in [0.15, 0.2) is 0 Å². The lowest BCUT2D eigenvalue weighted by molar-refractivity contribution is -0.138. The van der Waals surface area contributed by atoms with Crippen LogP contribution in [-0.2, 0) is 28.9 Å². The summed E-state index contributed by atoms with van der Waals surface area (Å²) < 4.78 is 44.9. The zero-order valence-corrected chi connectivity index (χ0v) is 32.1. The smallest absolute Gasteiger partial charge is 0.416 e. The third-order valence-electron chi connectivity index (χ3n) is 11.0. The number of piperidine rings is 2. The number of hydrogen-bond acceptors (Lipinski definition) is 7. The first kappa shape index (κ1) is 39.3. The van der Waals surface area contributed by atoms with Crippen LogP contribution in [0.2, 0.25) is 0 Å². The molecule has 8 rings (SSSR count). The number of imide groups is 1. The minimum atomic E-state index is -4.43. The Kier molecular flexibility index (Phi) is 10.9. The number of carbonyl (C=O) groups is 4. The highest BCUT2D eigenvalue weighted by Gasteiger charge is 2.39. The summed E-state index contributed by atoms with van der Waals surface area (Å²) in [5, 5.41) is 6.84. The van der Waals surface area contributed by atoms with Crippen LogP contribution < -0.4 is 15.4 Å². The number of hydrogen-bond donors (Lipinski definition) is 2. The van der Waals surface area contributed by atoms with Crippen molar-refractivity contribution < 1.29 is 37.1 Å². The first-order chi connectivity index (χ1) is 28.4. The molecular formula is C46H40F3N5O5. The average Bonchev–Trinajstić information content (AvgIpc) is 3.55. The van der Waals surface area contributed by atoms with E-state index in [-0.39, 0.29) is 41.9 Å². The molecule has 59 heavy (non-hydrogen) atoms. The van der Waals surface area contributed by atoms with Gasteiger partial charge < -0.3 is 15.0 Å². The van der Waals surface area contributed by atoms with E-state index < -0.39 is 23.7 Å². The van der Waals surface area contributed by atoms with Crippen LogP contribution in [0.15, 0.2) is 97.1 Å². The van der Waals surface area contributed by atoms with Crippen LogP contribution in [-0.4, -0.2) is 57.5 Å². The van der Waals surface area contributed by atoms with Gasteiger partial charge >= 0.3 is 6.18 Å². The Hall–Kier alpha value is -6.52. The number of fused-ring (bicyclic) bond motifs is 2. The maximum absolute atomic E-state index is 13.4. The second-order valence-corrected chi connectivity index (χ2v) is 15.2. The van der Waals surface area contributed by atoms with Gasteiger partial charge in [0.1, 0.15) is 17.5 Å². The highest BCUT2D eigenvalue weighted by atomic mass is 19.4. The molecule has 300 valence electrons. The Labute approximate surface area is 338 Å². The van der Waals surface area contributed by atoms with Crippen molar-refractivity contribution in [1.29, 1.82) is 0 Å². The molecule has 4 aromatic carbocycles. The molecule has 1 aromatic heterocycles. The number of amides is 4. The third-order valence-corrected chi connectivity index (χ3v) is 11.0. The number of ether oxygens (including phenoxy) is 1. The van der Waals surface area contributed by atoms with Crippen molar-refractivity contribution in [2.75, 3.05) is 13.1 Å². The lowest BCUT2D eigenvalue weighted by Crippen LogP contribution is -2.52. The van der Waals surface area contributed by atoms with E-state index in [4.69, 9.17) is 9.72 Å². The molecule has 0 spiro atoms. The summed E-state index contributed by atoms with van der Waals surface area (Å²) in [5.74, 6) is 6.47. The lowest BCUT2D eigenvalue weighted by Gasteiger charge is -2.29. The summed E-state index contributed by atoms with van der Waals surface area (Å²) in [6.45, 7) is 4.58. The molecule has 0 bridgehead atoms. The molecule has 2 fully saturated rings. The largest absolute Gasteiger partial charge is 0.457 e. The van der Waals surface area contributed by atoms with Crippen molar-refractivity contribution >= 4 is 34.4 Å². The molecule has 3 aliphatic heterocycles. The number of aromatic nitrogens is 1. The molecule has 2 saturated heterocycles. The fraction of sp³-hybridized carbons (Fsp3) is 0.283. The van der Waals surface area contributed by atoms with Crippen LogP contribution in [0.3, 0.4) is 0 Å². The van der Waals surface area contributed by atoms with Gasteiger partial charge in [0.05, 0.1) is 23.0 Å². The Morgan fingerprint density at radius 2 is 1.73 bits per heavy atom. The Balaban J connectivity index is 0.832. The molecule has 0 radical (unpaired) electrons. The maximum Gasteiger partial charge on any atom is 0.416 e. The molecule has 4 heterocycles. The fourth-order valence-electron chi connectivity index (χ4n) is 7.81. The van der Waals surface area contributed by atoms with Crippen molar-refractivity contribution in [3.63, 3.8) is 0 Å². The van der Waals surface area contributed by atoms with Gasteiger partial charge in [0, 0.05) is 47.5 Å². The van der Waals surface area contributed by atoms with Gasteiger partial charge in [-0.05, 0) is 129 Å². The molecule has 10 nitrogen and oxygen atoms in total. The highest BCUT2D eigenvalue weighted by Crippen LogP contribution is 2.34. The van der Waals surface area contributed by atoms with Crippen molar-refractivity contribution in [3.8, 4) is 23.3 Å². The second kappa shape index (κ2) is 16.4. The Bertz CT molecular complexity index is 2520. The van der Waals surface area contributed by atoms with E-state index in [1.165, 1.54) is 12.1 Å². The van der Waals surface area contributed by atoms with Crippen LogP contribution in [0.1, 0.15) is 87.4 Å². The molecule has 13 heteroatoms. The maximum atomic E-state index is 13.4. The van der Waals surface area contributed by atoms with Crippen LogP contribution in [0, 0.1) is 17.8 Å². The number of alkyl halides is 3. The van der Waals surface area contributed by atoms with Crippen LogP contribution in [0.25, 0.3) is 10.8 Å². The quantitative estimate of drug-likeness (QED) is 0.123. The molecule has 5 aromatic rings. The first-order valence-electron chi connectivity index (χ1n) is 19.5. The lowest BCUT2D eigenvalue weighted by atomic mass is 9.96. The number of pyridine rings is 1. The van der Waals surface area contributed by atoms with E-state index in [0.717, 1.165) is 66.0 Å². The number of likely N-dealkylation sites (tertiary alicyclic amines) is 1. The van der Waals surface area contributed by atoms with Gasteiger partial charge in [-0.15, -0.1) is 0 Å². The van der Waals surface area contributed by atoms with Crippen molar-refractivity contribution in [2.24, 2.45) is 5.92 Å². The van der Waals surface area contributed by atoms with Gasteiger partial charge in [-0.25, -0.2) is 0 Å². The standard InChI is InChI=1S/C46H40F3N5O5/c1-28(50-43(56)32-11-17-37-31(25-32)4-2-7-41(37)59-36-14-12-34(13-15-36)46(47,48)49)39-6-3-5-35(51-39)27-53-22-20-29(21-23-53)8-9-30-10-16-38-33(24-30)26-54(45(38)58)40-18-19-42(55)52-44(40)57/h2-7,10-17,24-25,28-29,40H,18-23,26-27H2,1H3,(H,50,56)(H,52,55,57)/t28-,40?/m0/s1. The SMILES string of the molecule is C[C@H](NC(=O)c1ccc2c(Oc3ccc(C(F)(F)F)cc3)cccc2c1)c1cccc(CN2CCC(C#Cc3ccc4c(c3)CN(C3CCC(=O)NC3=O)C4=O)CC2)n1. The monoisotopic (exact) mass is 799 g/mol. The predicted molar refractivity (Wildman–Crippen MR) is 213 cm³/mol.